The molecule has 0 unspecified atom stereocenters. The van der Waals surface area contributed by atoms with E-state index in [-0.39, 0.29) is 0 Å². The first-order chi connectivity index (χ1) is 9.31. The molecule has 0 radical (unpaired) electrons. The molecule has 1 N–H and O–H groups in total. The molecule has 2 rings (SSSR count). The van der Waals surface area contributed by atoms with Crippen molar-refractivity contribution >= 4 is 0 Å². The van der Waals surface area contributed by atoms with Gasteiger partial charge in [0.05, 0.1) is 18.9 Å². The summed E-state index contributed by atoms with van der Waals surface area (Å²) in [5.41, 5.74) is 0. The van der Waals surface area contributed by atoms with E-state index in [1.54, 1.807) is 6.20 Å². The highest BCUT2D eigenvalue weighted by Gasteiger charge is 2.04. The molecule has 2 heterocycles. The van der Waals surface area contributed by atoms with Crippen LogP contribution < -0.4 is 10.1 Å². The summed E-state index contributed by atoms with van der Waals surface area (Å²) in [4.78, 5) is 0. The normalized spacial score (nSPS) is 10.8. The van der Waals surface area contributed by atoms with E-state index in [9.17, 15) is 0 Å². The Hall–Kier alpha value is -1.75. The first-order valence-electron chi connectivity index (χ1n) is 6.75. The third-order valence-electron chi connectivity index (χ3n) is 2.71. The van der Waals surface area contributed by atoms with Crippen LogP contribution in [0, 0.1) is 0 Å². The molecule has 2 aromatic heterocycles. The van der Waals surface area contributed by atoms with Crippen molar-refractivity contribution in [3.63, 3.8) is 0 Å². The van der Waals surface area contributed by atoms with E-state index in [2.05, 4.69) is 24.3 Å². The Morgan fingerprint density at radius 3 is 2.95 bits per heavy atom. The molecule has 0 aliphatic heterocycles. The Morgan fingerprint density at radius 1 is 1.32 bits per heavy atom. The number of furan rings is 1. The Balaban J connectivity index is 1.82. The van der Waals surface area contributed by atoms with Crippen LogP contribution in [0.1, 0.15) is 31.8 Å². The average molecular weight is 263 g/mol. The van der Waals surface area contributed by atoms with Gasteiger partial charge in [0, 0.05) is 6.54 Å². The van der Waals surface area contributed by atoms with Gasteiger partial charge in [-0.3, -0.25) is 4.68 Å². The fraction of sp³-hybridized carbons (Fsp3) is 0.500. The molecule has 5 heteroatoms. The highest BCUT2D eigenvalue weighted by atomic mass is 16.5. The number of aryl methyl sites for hydroxylation is 1. The summed E-state index contributed by atoms with van der Waals surface area (Å²) in [5.74, 6) is 2.54. The van der Waals surface area contributed by atoms with Crippen molar-refractivity contribution in [2.24, 2.45) is 0 Å². The zero-order chi connectivity index (χ0) is 13.5. The highest BCUT2D eigenvalue weighted by molar-refractivity contribution is 5.13. The van der Waals surface area contributed by atoms with E-state index >= 15 is 0 Å². The van der Waals surface area contributed by atoms with Crippen LogP contribution in [0.15, 0.2) is 28.9 Å². The predicted octanol–water partition coefficient (Wildman–Crippen LogP) is 2.57. The number of rotatable bonds is 8. The van der Waals surface area contributed by atoms with E-state index in [4.69, 9.17) is 9.15 Å². The second-order valence-electron chi connectivity index (χ2n) is 4.38. The van der Waals surface area contributed by atoms with Crippen molar-refractivity contribution < 1.29 is 9.15 Å². The van der Waals surface area contributed by atoms with E-state index in [0.29, 0.717) is 6.61 Å². The van der Waals surface area contributed by atoms with Gasteiger partial charge in [0.1, 0.15) is 18.1 Å². The maximum Gasteiger partial charge on any atom is 0.157 e. The van der Waals surface area contributed by atoms with Gasteiger partial charge < -0.3 is 14.5 Å². The van der Waals surface area contributed by atoms with Crippen molar-refractivity contribution in [2.45, 2.75) is 40.0 Å². The molecule has 2 aromatic rings. The quantitative estimate of drug-likeness (QED) is 0.795. The summed E-state index contributed by atoms with van der Waals surface area (Å²) in [6.45, 7) is 7.23. The van der Waals surface area contributed by atoms with Crippen LogP contribution in [0.4, 0.5) is 0 Å². The average Bonchev–Trinajstić information content (AvgIpc) is 3.03. The van der Waals surface area contributed by atoms with Gasteiger partial charge in [-0.15, -0.1) is 0 Å². The molecule has 5 nitrogen and oxygen atoms in total. The molecule has 0 aliphatic carbocycles. The number of nitrogens with one attached hydrogen (secondary N) is 1. The van der Waals surface area contributed by atoms with Gasteiger partial charge in [-0.25, -0.2) is 0 Å². The molecule has 0 aromatic carbocycles. The molecule has 0 atom stereocenters. The Kier molecular flexibility index (Phi) is 5.03. The number of aromatic nitrogens is 2. The van der Waals surface area contributed by atoms with Gasteiger partial charge in [0.15, 0.2) is 5.75 Å². The predicted molar refractivity (Wildman–Crippen MR) is 72.9 cm³/mol. The van der Waals surface area contributed by atoms with Crippen LogP contribution in [0.2, 0.25) is 0 Å². The Morgan fingerprint density at radius 2 is 2.16 bits per heavy atom. The van der Waals surface area contributed by atoms with Crippen molar-refractivity contribution in [1.29, 1.82) is 0 Å². The zero-order valence-electron chi connectivity index (χ0n) is 11.6. The second-order valence-corrected chi connectivity index (χ2v) is 4.38. The fourth-order valence-corrected chi connectivity index (χ4v) is 1.77. The van der Waals surface area contributed by atoms with Gasteiger partial charge in [-0.2, -0.15) is 5.10 Å². The SMILES string of the molecule is CCCn1cc(OCc2ccc(CNCC)o2)cn1. The summed E-state index contributed by atoms with van der Waals surface area (Å²) in [6.07, 6.45) is 4.71. The smallest absolute Gasteiger partial charge is 0.157 e. The topological polar surface area (TPSA) is 52.2 Å². The summed E-state index contributed by atoms with van der Waals surface area (Å²) < 4.78 is 13.2. The van der Waals surface area contributed by atoms with Crippen molar-refractivity contribution in [3.05, 3.63) is 36.0 Å². The summed E-state index contributed by atoms with van der Waals surface area (Å²) in [5, 5.41) is 7.44. The lowest BCUT2D eigenvalue weighted by Gasteiger charge is -2.01. The van der Waals surface area contributed by atoms with Crippen LogP contribution in [-0.2, 0) is 19.7 Å². The molecule has 0 saturated carbocycles. The van der Waals surface area contributed by atoms with Gasteiger partial charge in [0.25, 0.3) is 0 Å². The molecule has 0 amide bonds. The fourth-order valence-electron chi connectivity index (χ4n) is 1.77. The van der Waals surface area contributed by atoms with Crippen LogP contribution in [0.3, 0.4) is 0 Å². The third kappa shape index (κ3) is 4.13. The Bertz CT molecular complexity index is 490. The summed E-state index contributed by atoms with van der Waals surface area (Å²) in [7, 11) is 0. The van der Waals surface area contributed by atoms with Crippen LogP contribution in [0.5, 0.6) is 5.75 Å². The van der Waals surface area contributed by atoms with Gasteiger partial charge in [0.2, 0.25) is 0 Å². The summed E-state index contributed by atoms with van der Waals surface area (Å²) in [6, 6.07) is 3.92. The highest BCUT2D eigenvalue weighted by Crippen LogP contribution is 2.13. The number of hydrogen-bond acceptors (Lipinski definition) is 4. The van der Waals surface area contributed by atoms with Gasteiger partial charge in [-0.1, -0.05) is 13.8 Å². The van der Waals surface area contributed by atoms with Crippen molar-refractivity contribution in [1.82, 2.24) is 15.1 Å². The minimum atomic E-state index is 0.434. The second kappa shape index (κ2) is 6.99. The van der Waals surface area contributed by atoms with E-state index < -0.39 is 0 Å². The van der Waals surface area contributed by atoms with Gasteiger partial charge >= 0.3 is 0 Å². The number of nitrogens with zero attached hydrogens (tertiary/aromatic N) is 2. The summed E-state index contributed by atoms with van der Waals surface area (Å²) >= 11 is 0. The first-order valence-corrected chi connectivity index (χ1v) is 6.75. The maximum atomic E-state index is 5.65. The van der Waals surface area contributed by atoms with Crippen LogP contribution in [0.25, 0.3) is 0 Å². The largest absolute Gasteiger partial charge is 0.482 e. The first kappa shape index (κ1) is 13.7. The molecule has 0 bridgehead atoms. The van der Waals surface area contributed by atoms with Crippen molar-refractivity contribution in [2.75, 3.05) is 6.54 Å². The lowest BCUT2D eigenvalue weighted by Crippen LogP contribution is -2.10. The molecule has 0 aliphatic rings. The number of hydrogen-bond donors (Lipinski definition) is 1. The van der Waals surface area contributed by atoms with E-state index in [0.717, 1.165) is 43.3 Å². The van der Waals surface area contributed by atoms with E-state index in [1.165, 1.54) is 0 Å². The molecule has 0 fully saturated rings. The minimum absolute atomic E-state index is 0.434. The molecule has 0 saturated heterocycles. The Labute approximate surface area is 113 Å². The molecular weight excluding hydrogens is 242 g/mol. The third-order valence-corrected chi connectivity index (χ3v) is 2.71. The van der Waals surface area contributed by atoms with Crippen molar-refractivity contribution in [3.8, 4) is 5.75 Å². The zero-order valence-corrected chi connectivity index (χ0v) is 11.6. The number of ether oxygens (including phenoxy) is 1. The molecule has 19 heavy (non-hydrogen) atoms. The molecular formula is C14H21N3O2. The monoisotopic (exact) mass is 263 g/mol. The maximum absolute atomic E-state index is 5.65. The lowest BCUT2D eigenvalue weighted by atomic mass is 10.4. The van der Waals surface area contributed by atoms with Crippen LogP contribution >= 0.6 is 0 Å². The lowest BCUT2D eigenvalue weighted by molar-refractivity contribution is 0.265. The molecule has 104 valence electrons. The van der Waals surface area contributed by atoms with Gasteiger partial charge in [-0.05, 0) is 25.1 Å². The molecule has 0 spiro atoms. The van der Waals surface area contributed by atoms with E-state index in [1.807, 2.05) is 23.0 Å². The standard InChI is InChI=1S/C14H21N3O2/c1-3-7-17-10-14(9-16-17)18-11-13-6-5-12(19-13)8-15-4-2/h5-6,9-10,15H,3-4,7-8,11H2,1-2H3. The van der Waals surface area contributed by atoms with Crippen LogP contribution in [-0.4, -0.2) is 16.3 Å². The minimum Gasteiger partial charge on any atom is -0.482 e.